The molecule has 1 saturated carbocycles. The maximum absolute atomic E-state index is 6.10. The van der Waals surface area contributed by atoms with E-state index in [2.05, 4.69) is 41.2 Å². The van der Waals surface area contributed by atoms with Gasteiger partial charge in [0.2, 0.25) is 6.29 Å². The molecule has 5 nitrogen and oxygen atoms in total. The minimum atomic E-state index is -0.234. The standard InChI is InChI=1S/C39H54N2O3/c1-2-3-4-13-26-42-27-14-12-17-38-43-36-25-24-34(28-37(36)44-38)39-40-29-35(30-41-39)33-22-20-32(21-23-33)16-11-9-7-5-6-8-10-15-31-18-19-31/h20-25,28-31,38H,2-19,26-27H2,1H3. The highest BCUT2D eigenvalue weighted by Gasteiger charge is 2.24. The van der Waals surface area contributed by atoms with Crippen LogP contribution in [-0.4, -0.2) is 29.5 Å². The maximum atomic E-state index is 6.10. The molecule has 5 rings (SSSR count). The van der Waals surface area contributed by atoms with Gasteiger partial charge in [-0.2, -0.15) is 0 Å². The number of rotatable bonds is 22. The SMILES string of the molecule is CCCCCCOCCCCC1Oc2ccc(-c3ncc(-c4ccc(CCCCCCCCCC5CC5)cc4)cn3)cc2O1. The van der Waals surface area contributed by atoms with Crippen LogP contribution in [0.3, 0.4) is 0 Å². The second kappa shape index (κ2) is 18.1. The average Bonchev–Trinajstić information content (AvgIpc) is 3.80. The Bertz CT molecular complexity index is 1220. The molecular formula is C39H54N2O3. The van der Waals surface area contributed by atoms with Crippen LogP contribution in [0, 0.1) is 5.92 Å². The van der Waals surface area contributed by atoms with E-state index in [1.807, 2.05) is 30.6 Å². The highest BCUT2D eigenvalue weighted by Crippen LogP contribution is 2.38. The summed E-state index contributed by atoms with van der Waals surface area (Å²) >= 11 is 0. The molecule has 2 heterocycles. The fourth-order valence-electron chi connectivity index (χ4n) is 6.05. The Balaban J connectivity index is 0.986. The van der Waals surface area contributed by atoms with Gasteiger partial charge in [0.05, 0.1) is 0 Å². The molecule has 1 aromatic heterocycles. The largest absolute Gasteiger partial charge is 0.451 e. The van der Waals surface area contributed by atoms with Crippen molar-refractivity contribution in [2.75, 3.05) is 13.2 Å². The van der Waals surface area contributed by atoms with E-state index in [0.717, 1.165) is 73.0 Å². The van der Waals surface area contributed by atoms with E-state index in [0.29, 0.717) is 5.82 Å². The summed E-state index contributed by atoms with van der Waals surface area (Å²) in [5, 5.41) is 0. The molecule has 0 radical (unpaired) electrons. The van der Waals surface area contributed by atoms with Gasteiger partial charge in [-0.1, -0.05) is 108 Å². The first-order chi connectivity index (χ1) is 21.8. The predicted molar refractivity (Wildman–Crippen MR) is 180 cm³/mol. The number of nitrogens with zero attached hydrogens (tertiary/aromatic N) is 2. The highest BCUT2D eigenvalue weighted by atomic mass is 16.7. The Kier molecular flexibility index (Phi) is 13.4. The summed E-state index contributed by atoms with van der Waals surface area (Å²) in [4.78, 5) is 9.36. The Hall–Kier alpha value is -2.92. The third kappa shape index (κ3) is 10.9. The Morgan fingerprint density at radius 3 is 2.02 bits per heavy atom. The number of ether oxygens (including phenoxy) is 3. The van der Waals surface area contributed by atoms with Gasteiger partial charge in [0.15, 0.2) is 17.3 Å². The molecule has 238 valence electrons. The van der Waals surface area contributed by atoms with E-state index in [-0.39, 0.29) is 6.29 Å². The minimum Gasteiger partial charge on any atom is -0.451 e. The van der Waals surface area contributed by atoms with Crippen LogP contribution in [0.25, 0.3) is 22.5 Å². The quantitative estimate of drug-likeness (QED) is 0.108. The van der Waals surface area contributed by atoms with Gasteiger partial charge in [0.1, 0.15) is 0 Å². The molecular weight excluding hydrogens is 544 g/mol. The van der Waals surface area contributed by atoms with Crippen LogP contribution >= 0.6 is 0 Å². The maximum Gasteiger partial charge on any atom is 0.241 e. The molecule has 2 aromatic carbocycles. The lowest BCUT2D eigenvalue weighted by atomic mass is 10.0. The molecule has 0 saturated heterocycles. The topological polar surface area (TPSA) is 53.5 Å². The molecule has 44 heavy (non-hydrogen) atoms. The van der Waals surface area contributed by atoms with E-state index in [4.69, 9.17) is 14.2 Å². The van der Waals surface area contributed by atoms with Crippen molar-refractivity contribution in [3.05, 3.63) is 60.4 Å². The number of fused-ring (bicyclic) bond motifs is 1. The van der Waals surface area contributed by atoms with E-state index in [1.54, 1.807) is 0 Å². The zero-order chi connectivity index (χ0) is 30.2. The number of aryl methyl sites for hydroxylation is 1. The van der Waals surface area contributed by atoms with Crippen molar-refractivity contribution < 1.29 is 14.2 Å². The van der Waals surface area contributed by atoms with E-state index >= 15 is 0 Å². The van der Waals surface area contributed by atoms with Crippen molar-refractivity contribution in [2.24, 2.45) is 5.92 Å². The smallest absolute Gasteiger partial charge is 0.241 e. The van der Waals surface area contributed by atoms with Crippen LogP contribution in [0.5, 0.6) is 11.5 Å². The summed E-state index contributed by atoms with van der Waals surface area (Å²) in [5.41, 5.74) is 4.54. The average molecular weight is 599 g/mol. The summed E-state index contributed by atoms with van der Waals surface area (Å²) in [6.45, 7) is 3.92. The minimum absolute atomic E-state index is 0.234. The van der Waals surface area contributed by atoms with Crippen molar-refractivity contribution in [3.63, 3.8) is 0 Å². The summed E-state index contributed by atoms with van der Waals surface area (Å²) < 4.78 is 17.9. The fraction of sp³-hybridized carbons (Fsp3) is 0.590. The molecule has 0 bridgehead atoms. The Morgan fingerprint density at radius 2 is 1.27 bits per heavy atom. The van der Waals surface area contributed by atoms with Crippen LogP contribution in [0.2, 0.25) is 0 Å². The third-order valence-electron chi connectivity index (χ3n) is 9.05. The lowest BCUT2D eigenvalue weighted by Gasteiger charge is -2.10. The second-order valence-corrected chi connectivity index (χ2v) is 12.9. The molecule has 1 fully saturated rings. The molecule has 0 spiro atoms. The summed E-state index contributed by atoms with van der Waals surface area (Å²) in [5.74, 6) is 3.35. The monoisotopic (exact) mass is 598 g/mol. The normalized spacial score (nSPS) is 15.6. The van der Waals surface area contributed by atoms with Crippen LogP contribution < -0.4 is 9.47 Å². The first-order valence-electron chi connectivity index (χ1n) is 17.8. The molecule has 5 heteroatoms. The van der Waals surface area contributed by atoms with Crippen LogP contribution in [0.1, 0.15) is 122 Å². The summed E-state index contributed by atoms with van der Waals surface area (Å²) in [7, 11) is 0. The zero-order valence-corrected chi connectivity index (χ0v) is 27.1. The Labute approximate surface area is 266 Å². The lowest BCUT2D eigenvalue weighted by Crippen LogP contribution is -2.17. The highest BCUT2D eigenvalue weighted by molar-refractivity contribution is 5.65. The van der Waals surface area contributed by atoms with Gasteiger partial charge in [0, 0.05) is 43.2 Å². The molecule has 3 aromatic rings. The fourth-order valence-corrected chi connectivity index (χ4v) is 6.05. The van der Waals surface area contributed by atoms with Crippen molar-refractivity contribution in [1.82, 2.24) is 9.97 Å². The molecule has 1 aliphatic carbocycles. The van der Waals surface area contributed by atoms with Gasteiger partial charge in [-0.15, -0.1) is 0 Å². The van der Waals surface area contributed by atoms with Crippen LogP contribution in [0.4, 0.5) is 0 Å². The molecule has 1 unspecified atom stereocenters. The molecule has 0 N–H and O–H groups in total. The van der Waals surface area contributed by atoms with Crippen molar-refractivity contribution in [3.8, 4) is 34.0 Å². The first kappa shape index (κ1) is 32.5. The molecule has 2 aliphatic rings. The van der Waals surface area contributed by atoms with Crippen LogP contribution in [-0.2, 0) is 11.2 Å². The molecule has 0 amide bonds. The number of benzene rings is 2. The van der Waals surface area contributed by atoms with E-state index in [9.17, 15) is 0 Å². The second-order valence-electron chi connectivity index (χ2n) is 12.9. The first-order valence-corrected chi connectivity index (χ1v) is 17.8. The van der Waals surface area contributed by atoms with E-state index in [1.165, 1.54) is 95.5 Å². The van der Waals surface area contributed by atoms with Gasteiger partial charge in [-0.3, -0.25) is 0 Å². The summed E-state index contributed by atoms with van der Waals surface area (Å²) in [6.07, 6.45) is 26.9. The van der Waals surface area contributed by atoms with Gasteiger partial charge in [-0.25, -0.2) is 9.97 Å². The van der Waals surface area contributed by atoms with Crippen molar-refractivity contribution in [2.45, 2.75) is 129 Å². The number of hydrogen-bond donors (Lipinski definition) is 0. The number of unbranched alkanes of at least 4 members (excludes halogenated alkanes) is 10. The molecule has 1 aliphatic heterocycles. The van der Waals surface area contributed by atoms with Gasteiger partial charge in [0.25, 0.3) is 0 Å². The number of hydrogen-bond acceptors (Lipinski definition) is 5. The Morgan fingerprint density at radius 1 is 0.636 bits per heavy atom. The van der Waals surface area contributed by atoms with E-state index < -0.39 is 0 Å². The van der Waals surface area contributed by atoms with Crippen LogP contribution in [0.15, 0.2) is 54.9 Å². The zero-order valence-electron chi connectivity index (χ0n) is 27.1. The summed E-state index contributed by atoms with van der Waals surface area (Å²) in [6, 6.07) is 14.9. The molecule has 1 atom stereocenters. The lowest BCUT2D eigenvalue weighted by molar-refractivity contribution is 0.0366. The van der Waals surface area contributed by atoms with Gasteiger partial charge < -0.3 is 14.2 Å². The third-order valence-corrected chi connectivity index (χ3v) is 9.05. The van der Waals surface area contributed by atoms with Crippen molar-refractivity contribution >= 4 is 0 Å². The van der Waals surface area contributed by atoms with Gasteiger partial charge in [-0.05, 0) is 67.3 Å². The predicted octanol–water partition coefficient (Wildman–Crippen LogP) is 10.7. The van der Waals surface area contributed by atoms with Gasteiger partial charge >= 0.3 is 0 Å². The number of aromatic nitrogens is 2. The van der Waals surface area contributed by atoms with Crippen molar-refractivity contribution in [1.29, 1.82) is 0 Å².